The summed E-state index contributed by atoms with van der Waals surface area (Å²) in [5, 5.41) is 10.7. The van der Waals surface area contributed by atoms with E-state index in [0.29, 0.717) is 5.17 Å². The van der Waals surface area contributed by atoms with Crippen molar-refractivity contribution in [1.29, 1.82) is 0 Å². The molecule has 22 heavy (non-hydrogen) atoms. The molecule has 1 aliphatic rings. The van der Waals surface area contributed by atoms with Crippen LogP contribution in [0.2, 0.25) is 0 Å². The fourth-order valence-corrected chi connectivity index (χ4v) is 3.03. The molecular formula is C13H9BrIN3O3S. The van der Waals surface area contributed by atoms with Crippen LogP contribution in [0.25, 0.3) is 0 Å². The minimum atomic E-state index is -0.592. The number of nitrogens with one attached hydrogen (secondary N) is 1. The maximum absolute atomic E-state index is 11.6. The Labute approximate surface area is 152 Å². The lowest BCUT2D eigenvalue weighted by Gasteiger charge is -1.98. The molecule has 1 aliphatic heterocycles. The van der Waals surface area contributed by atoms with Gasteiger partial charge in [-0.05, 0) is 56.3 Å². The van der Waals surface area contributed by atoms with Crippen molar-refractivity contribution in [2.45, 2.75) is 0 Å². The van der Waals surface area contributed by atoms with Gasteiger partial charge in [-0.1, -0.05) is 12.1 Å². The molecule has 6 nitrogen and oxygen atoms in total. The Kier molecular flexibility index (Phi) is 6.15. The number of halogens is 2. The number of benzene rings is 1. The molecule has 1 amide bonds. The van der Waals surface area contributed by atoms with E-state index in [2.05, 4.69) is 58.8 Å². The van der Waals surface area contributed by atoms with Crippen LogP contribution in [0.15, 0.2) is 43.9 Å². The minimum absolute atomic E-state index is 0.219. The van der Waals surface area contributed by atoms with Gasteiger partial charge in [0.2, 0.25) is 0 Å². The van der Waals surface area contributed by atoms with Gasteiger partial charge in [0.1, 0.15) is 0 Å². The number of carbonyl (C=O) groups is 2. The van der Waals surface area contributed by atoms with Crippen molar-refractivity contribution in [2.24, 2.45) is 10.2 Å². The summed E-state index contributed by atoms with van der Waals surface area (Å²) in [6.07, 6.45) is 2.69. The van der Waals surface area contributed by atoms with E-state index in [0.717, 1.165) is 31.4 Å². The average Bonchev–Trinajstić information content (AvgIpc) is 2.83. The number of methoxy groups -OCH3 is 1. The van der Waals surface area contributed by atoms with E-state index < -0.39 is 11.9 Å². The van der Waals surface area contributed by atoms with Gasteiger partial charge in [-0.15, -0.1) is 5.10 Å². The normalized spacial score (nSPS) is 18.2. The molecule has 0 bridgehead atoms. The molecular weight excluding hydrogens is 485 g/mol. The van der Waals surface area contributed by atoms with Crippen LogP contribution in [0.1, 0.15) is 5.56 Å². The van der Waals surface area contributed by atoms with Crippen molar-refractivity contribution < 1.29 is 14.3 Å². The third-order valence-corrected chi connectivity index (χ3v) is 5.85. The number of rotatable bonds is 3. The summed E-state index contributed by atoms with van der Waals surface area (Å²) < 4.78 is 6.46. The molecule has 1 aromatic rings. The Balaban J connectivity index is 2.10. The largest absolute Gasteiger partial charge is 0.466 e. The lowest BCUT2D eigenvalue weighted by atomic mass is 10.2. The monoisotopic (exact) mass is 493 g/mol. The number of ether oxygens (including phenoxy) is 1. The number of nitrogens with zero attached hydrogens (tertiary/aromatic N) is 2. The summed E-state index contributed by atoms with van der Waals surface area (Å²) in [6, 6.07) is 5.76. The Morgan fingerprint density at radius 1 is 1.50 bits per heavy atom. The number of amides is 1. The summed E-state index contributed by atoms with van der Waals surface area (Å²) in [5.74, 6) is -0.995. The predicted molar refractivity (Wildman–Crippen MR) is 97.7 cm³/mol. The summed E-state index contributed by atoms with van der Waals surface area (Å²) in [5.41, 5.74) is 0.871. The maximum atomic E-state index is 11.6. The SMILES string of the molecule is COC(=O)/C=C1/S/C(=N\N=Cc2cccc(I)c2Br)NC1=O. The second kappa shape index (κ2) is 7.88. The fourth-order valence-electron chi connectivity index (χ4n) is 1.40. The third kappa shape index (κ3) is 4.40. The van der Waals surface area contributed by atoms with Crippen molar-refractivity contribution in [2.75, 3.05) is 7.11 Å². The molecule has 0 radical (unpaired) electrons. The molecule has 2 rings (SSSR count). The lowest BCUT2D eigenvalue weighted by Crippen LogP contribution is -2.19. The Morgan fingerprint density at radius 3 is 3.00 bits per heavy atom. The molecule has 1 aromatic carbocycles. The van der Waals surface area contributed by atoms with Gasteiger partial charge in [-0.3, -0.25) is 10.1 Å². The lowest BCUT2D eigenvalue weighted by molar-refractivity contribution is -0.135. The third-order valence-electron chi connectivity index (χ3n) is 2.43. The standard InChI is InChI=1S/C13H9BrIN3O3S/c1-21-10(19)5-9-12(20)17-13(22-9)18-16-6-7-3-2-4-8(15)11(7)14/h2-6H,1H3,(H,17,18,20)/b9-5+,16-6?. The van der Waals surface area contributed by atoms with Gasteiger partial charge in [0, 0.05) is 19.7 Å². The highest BCUT2D eigenvalue weighted by Gasteiger charge is 2.24. The van der Waals surface area contributed by atoms with E-state index in [-0.39, 0.29) is 4.91 Å². The highest BCUT2D eigenvalue weighted by molar-refractivity contribution is 14.1. The van der Waals surface area contributed by atoms with Crippen LogP contribution in [0.4, 0.5) is 0 Å². The highest BCUT2D eigenvalue weighted by atomic mass is 127. The quantitative estimate of drug-likeness (QED) is 0.231. The van der Waals surface area contributed by atoms with E-state index in [1.807, 2.05) is 18.2 Å². The summed E-state index contributed by atoms with van der Waals surface area (Å²) in [7, 11) is 1.25. The molecule has 0 saturated carbocycles. The first-order chi connectivity index (χ1) is 10.5. The van der Waals surface area contributed by atoms with Crippen LogP contribution in [-0.2, 0) is 14.3 Å². The Hall–Kier alpha value is -1.20. The Morgan fingerprint density at radius 2 is 2.27 bits per heavy atom. The van der Waals surface area contributed by atoms with Crippen LogP contribution in [0, 0.1) is 3.57 Å². The van der Waals surface area contributed by atoms with Gasteiger partial charge in [0.25, 0.3) is 5.91 Å². The topological polar surface area (TPSA) is 80.1 Å². The Bertz CT molecular complexity index is 718. The van der Waals surface area contributed by atoms with Gasteiger partial charge < -0.3 is 4.74 Å². The molecule has 1 fully saturated rings. The number of hydrogen-bond donors (Lipinski definition) is 1. The second-order valence-corrected chi connectivity index (χ2v) is 6.87. The van der Waals surface area contributed by atoms with Crippen molar-refractivity contribution in [1.82, 2.24) is 5.32 Å². The zero-order valence-electron chi connectivity index (χ0n) is 11.2. The maximum Gasteiger partial charge on any atom is 0.331 e. The molecule has 0 spiro atoms. The van der Waals surface area contributed by atoms with E-state index in [1.54, 1.807) is 6.21 Å². The van der Waals surface area contributed by atoms with E-state index in [4.69, 9.17) is 0 Å². The summed E-state index contributed by atoms with van der Waals surface area (Å²) >= 11 is 6.70. The zero-order valence-corrected chi connectivity index (χ0v) is 15.7. The van der Waals surface area contributed by atoms with Crippen LogP contribution >= 0.6 is 50.3 Å². The van der Waals surface area contributed by atoms with Crippen molar-refractivity contribution in [3.05, 3.63) is 42.8 Å². The van der Waals surface area contributed by atoms with Gasteiger partial charge in [-0.25, -0.2) is 4.79 Å². The zero-order chi connectivity index (χ0) is 16.1. The number of amidine groups is 1. The predicted octanol–water partition coefficient (Wildman–Crippen LogP) is 2.66. The van der Waals surface area contributed by atoms with Gasteiger partial charge in [-0.2, -0.15) is 5.10 Å². The molecule has 0 aliphatic carbocycles. The number of hydrogen-bond acceptors (Lipinski definition) is 6. The smallest absolute Gasteiger partial charge is 0.331 e. The molecule has 0 atom stereocenters. The first-order valence-electron chi connectivity index (χ1n) is 5.85. The van der Waals surface area contributed by atoms with Crippen molar-refractivity contribution in [3.63, 3.8) is 0 Å². The number of esters is 1. The molecule has 114 valence electrons. The average molecular weight is 494 g/mol. The summed E-state index contributed by atoms with van der Waals surface area (Å²) in [6.45, 7) is 0. The van der Waals surface area contributed by atoms with E-state index in [1.165, 1.54) is 7.11 Å². The van der Waals surface area contributed by atoms with Crippen LogP contribution in [0.3, 0.4) is 0 Å². The molecule has 0 unspecified atom stereocenters. The highest BCUT2D eigenvalue weighted by Crippen LogP contribution is 2.24. The van der Waals surface area contributed by atoms with E-state index >= 15 is 0 Å². The minimum Gasteiger partial charge on any atom is -0.466 e. The van der Waals surface area contributed by atoms with Gasteiger partial charge in [0.15, 0.2) is 5.17 Å². The molecule has 9 heteroatoms. The fraction of sp³-hybridized carbons (Fsp3) is 0.0769. The van der Waals surface area contributed by atoms with Crippen LogP contribution < -0.4 is 5.32 Å². The van der Waals surface area contributed by atoms with E-state index in [9.17, 15) is 9.59 Å². The number of carbonyl (C=O) groups excluding carboxylic acids is 2. The molecule has 1 saturated heterocycles. The van der Waals surface area contributed by atoms with Gasteiger partial charge >= 0.3 is 5.97 Å². The van der Waals surface area contributed by atoms with Gasteiger partial charge in [0.05, 0.1) is 18.2 Å². The molecule has 0 aromatic heterocycles. The number of thioether (sulfide) groups is 1. The first-order valence-corrected chi connectivity index (χ1v) is 8.54. The second-order valence-electron chi connectivity index (χ2n) is 3.88. The summed E-state index contributed by atoms with van der Waals surface area (Å²) in [4.78, 5) is 23.0. The van der Waals surface area contributed by atoms with Crippen molar-refractivity contribution >= 4 is 73.5 Å². The first kappa shape index (κ1) is 17.2. The van der Waals surface area contributed by atoms with Crippen LogP contribution in [0.5, 0.6) is 0 Å². The molecule has 1 N–H and O–H groups in total. The van der Waals surface area contributed by atoms with Crippen LogP contribution in [-0.4, -0.2) is 30.4 Å². The van der Waals surface area contributed by atoms with Crippen molar-refractivity contribution in [3.8, 4) is 0 Å². The molecule has 1 heterocycles.